The first-order valence-electron chi connectivity index (χ1n) is 7.66. The summed E-state index contributed by atoms with van der Waals surface area (Å²) in [4.78, 5) is 12.1. The Morgan fingerprint density at radius 3 is 2.44 bits per heavy atom. The number of likely N-dealkylation sites (N-methyl/N-ethyl adjacent to an activating group) is 1. The lowest BCUT2D eigenvalue weighted by atomic mass is 10.2. The molecule has 0 aromatic heterocycles. The lowest BCUT2D eigenvalue weighted by Crippen LogP contribution is -2.35. The number of hydrogen-bond donors (Lipinski definition) is 1. The minimum absolute atomic E-state index is 0.00956. The molecule has 134 valence electrons. The van der Waals surface area contributed by atoms with Crippen LogP contribution in [0.2, 0.25) is 10.0 Å². The fourth-order valence-corrected chi connectivity index (χ4v) is 2.55. The minimum Gasteiger partial charge on any atom is -0.491 e. The molecular weight excluding hydrogens is 367 g/mol. The van der Waals surface area contributed by atoms with Gasteiger partial charge in [0.1, 0.15) is 18.5 Å². The largest absolute Gasteiger partial charge is 0.491 e. The predicted octanol–water partition coefficient (Wildman–Crippen LogP) is 4.17. The summed E-state index contributed by atoms with van der Waals surface area (Å²) in [6.45, 7) is 3.05. The lowest BCUT2D eigenvalue weighted by molar-refractivity contribution is -0.384. The Morgan fingerprint density at radius 1 is 1.20 bits per heavy atom. The summed E-state index contributed by atoms with van der Waals surface area (Å²) >= 11 is 12.0. The van der Waals surface area contributed by atoms with Crippen molar-refractivity contribution in [3.8, 4) is 5.75 Å². The van der Waals surface area contributed by atoms with Crippen LogP contribution in [0.4, 0.5) is 11.4 Å². The van der Waals surface area contributed by atoms with Gasteiger partial charge in [-0.2, -0.15) is 0 Å². The van der Waals surface area contributed by atoms with Gasteiger partial charge in [0.25, 0.3) is 5.69 Å². The van der Waals surface area contributed by atoms with E-state index >= 15 is 0 Å². The van der Waals surface area contributed by atoms with Gasteiger partial charge in [-0.1, -0.05) is 23.2 Å². The van der Waals surface area contributed by atoms with Crippen LogP contribution in [-0.2, 0) is 0 Å². The average Bonchev–Trinajstić information content (AvgIpc) is 2.60. The number of nitro groups is 1. The zero-order chi connectivity index (χ0) is 18.4. The smallest absolute Gasteiger partial charge is 0.269 e. The number of hydrogen-bond acceptors (Lipinski definition) is 5. The van der Waals surface area contributed by atoms with Crippen molar-refractivity contribution in [3.05, 3.63) is 62.6 Å². The van der Waals surface area contributed by atoms with Crippen LogP contribution in [0, 0.1) is 10.1 Å². The number of aliphatic hydroxyl groups excluding tert-OH is 1. The van der Waals surface area contributed by atoms with Gasteiger partial charge in [-0.05, 0) is 37.3 Å². The number of benzene rings is 2. The Morgan fingerprint density at radius 2 is 1.88 bits per heavy atom. The Bertz CT molecular complexity index is 725. The summed E-state index contributed by atoms with van der Waals surface area (Å²) in [5.74, 6) is 0.460. The molecule has 0 aliphatic carbocycles. The minimum atomic E-state index is -0.746. The Labute approximate surface area is 155 Å². The SMILES string of the molecule is CCN(CC(O)COc1ccc([N+](=O)[O-])cc1)c1ccc(Cl)c(Cl)c1. The van der Waals surface area contributed by atoms with Gasteiger partial charge < -0.3 is 14.7 Å². The molecule has 0 spiro atoms. The summed E-state index contributed by atoms with van der Waals surface area (Å²) in [5.41, 5.74) is 0.843. The zero-order valence-corrected chi connectivity index (χ0v) is 15.1. The summed E-state index contributed by atoms with van der Waals surface area (Å²) in [6, 6.07) is 11.0. The number of nitro benzene ring substituents is 1. The van der Waals surface area contributed by atoms with Crippen LogP contribution in [0.3, 0.4) is 0 Å². The molecule has 0 aliphatic heterocycles. The molecule has 0 radical (unpaired) electrons. The van der Waals surface area contributed by atoms with Gasteiger partial charge in [-0.3, -0.25) is 10.1 Å². The molecule has 0 saturated carbocycles. The second kappa shape index (κ2) is 8.89. The van der Waals surface area contributed by atoms with Crippen LogP contribution in [-0.4, -0.2) is 35.8 Å². The van der Waals surface area contributed by atoms with E-state index in [0.29, 0.717) is 28.9 Å². The molecular formula is C17H18Cl2N2O4. The molecule has 2 rings (SSSR count). The van der Waals surface area contributed by atoms with Crippen molar-refractivity contribution in [3.63, 3.8) is 0 Å². The second-order valence-electron chi connectivity index (χ2n) is 5.35. The van der Waals surface area contributed by atoms with E-state index in [-0.39, 0.29) is 12.3 Å². The fourth-order valence-electron chi connectivity index (χ4n) is 2.26. The molecule has 6 nitrogen and oxygen atoms in total. The molecule has 2 aromatic rings. The third-order valence-corrected chi connectivity index (χ3v) is 4.31. The maximum Gasteiger partial charge on any atom is 0.269 e. The first-order chi connectivity index (χ1) is 11.9. The zero-order valence-electron chi connectivity index (χ0n) is 13.6. The van der Waals surface area contributed by atoms with Crippen LogP contribution in [0.1, 0.15) is 6.92 Å². The number of aliphatic hydroxyl groups is 1. The van der Waals surface area contributed by atoms with Crippen molar-refractivity contribution in [1.29, 1.82) is 0 Å². The van der Waals surface area contributed by atoms with Gasteiger partial charge in [0.2, 0.25) is 0 Å². The lowest BCUT2D eigenvalue weighted by Gasteiger charge is -2.26. The molecule has 0 amide bonds. The van der Waals surface area contributed by atoms with Gasteiger partial charge >= 0.3 is 0 Å². The quantitative estimate of drug-likeness (QED) is 0.545. The third kappa shape index (κ3) is 5.49. The van der Waals surface area contributed by atoms with Crippen LogP contribution in [0.15, 0.2) is 42.5 Å². The number of nitrogens with zero attached hydrogens (tertiary/aromatic N) is 2. The highest BCUT2D eigenvalue weighted by Gasteiger charge is 2.13. The van der Waals surface area contributed by atoms with Gasteiger partial charge in [-0.25, -0.2) is 0 Å². The second-order valence-corrected chi connectivity index (χ2v) is 6.17. The predicted molar refractivity (Wildman–Crippen MR) is 98.9 cm³/mol. The van der Waals surface area contributed by atoms with Crippen LogP contribution < -0.4 is 9.64 Å². The summed E-state index contributed by atoms with van der Waals surface area (Å²) < 4.78 is 5.48. The van der Waals surface area contributed by atoms with E-state index in [1.165, 1.54) is 24.3 Å². The monoisotopic (exact) mass is 384 g/mol. The maximum absolute atomic E-state index is 10.6. The molecule has 0 bridgehead atoms. The van der Waals surface area contributed by atoms with Gasteiger partial charge in [-0.15, -0.1) is 0 Å². The normalized spacial score (nSPS) is 11.8. The number of anilines is 1. The molecule has 0 saturated heterocycles. The van der Waals surface area contributed by atoms with Crippen molar-refractivity contribution in [2.75, 3.05) is 24.6 Å². The van der Waals surface area contributed by atoms with Crippen molar-refractivity contribution in [2.24, 2.45) is 0 Å². The summed E-state index contributed by atoms with van der Waals surface area (Å²) in [6.07, 6.45) is -0.746. The average molecular weight is 385 g/mol. The Kier molecular flexibility index (Phi) is 6.87. The number of non-ortho nitro benzene ring substituents is 1. The first kappa shape index (κ1) is 19.3. The van der Waals surface area contributed by atoms with Crippen molar-refractivity contribution < 1.29 is 14.8 Å². The molecule has 0 fully saturated rings. The van der Waals surface area contributed by atoms with Crippen LogP contribution in [0.25, 0.3) is 0 Å². The molecule has 8 heteroatoms. The highest BCUT2D eigenvalue weighted by molar-refractivity contribution is 6.42. The molecule has 1 N–H and O–H groups in total. The number of ether oxygens (including phenoxy) is 1. The van der Waals surface area contributed by atoms with Crippen molar-refractivity contribution in [2.45, 2.75) is 13.0 Å². The Balaban J connectivity index is 1.92. The highest BCUT2D eigenvalue weighted by atomic mass is 35.5. The van der Waals surface area contributed by atoms with Gasteiger partial charge in [0.05, 0.1) is 15.0 Å². The molecule has 1 atom stereocenters. The molecule has 0 aliphatic rings. The number of rotatable bonds is 8. The number of halogens is 2. The van der Waals surface area contributed by atoms with E-state index in [9.17, 15) is 15.2 Å². The van der Waals surface area contributed by atoms with Gasteiger partial charge in [0.15, 0.2) is 0 Å². The van der Waals surface area contributed by atoms with E-state index in [1.54, 1.807) is 12.1 Å². The van der Waals surface area contributed by atoms with E-state index < -0.39 is 11.0 Å². The van der Waals surface area contributed by atoms with E-state index in [2.05, 4.69) is 0 Å². The molecule has 2 aromatic carbocycles. The van der Waals surface area contributed by atoms with Crippen molar-refractivity contribution >= 4 is 34.6 Å². The first-order valence-corrected chi connectivity index (χ1v) is 8.41. The third-order valence-electron chi connectivity index (χ3n) is 3.57. The summed E-state index contributed by atoms with van der Waals surface area (Å²) in [7, 11) is 0. The Hall–Kier alpha value is -2.02. The van der Waals surface area contributed by atoms with Crippen molar-refractivity contribution in [1.82, 2.24) is 0 Å². The highest BCUT2D eigenvalue weighted by Crippen LogP contribution is 2.27. The van der Waals surface area contributed by atoms with Crippen LogP contribution in [0.5, 0.6) is 5.75 Å². The summed E-state index contributed by atoms with van der Waals surface area (Å²) in [5, 5.41) is 21.7. The van der Waals surface area contributed by atoms with E-state index in [4.69, 9.17) is 27.9 Å². The maximum atomic E-state index is 10.6. The molecule has 25 heavy (non-hydrogen) atoms. The van der Waals surface area contributed by atoms with Crippen LogP contribution >= 0.6 is 23.2 Å². The van der Waals surface area contributed by atoms with Gasteiger partial charge in [0, 0.05) is 30.9 Å². The van der Waals surface area contributed by atoms with E-state index in [1.807, 2.05) is 17.9 Å². The van der Waals surface area contributed by atoms with E-state index in [0.717, 1.165) is 5.69 Å². The standard InChI is InChI=1S/C17H18Cl2N2O4/c1-2-20(13-5-8-16(18)17(19)9-13)10-14(22)11-25-15-6-3-12(4-7-15)21(23)24/h3-9,14,22H,2,10-11H2,1H3. The molecule has 0 heterocycles. The fraction of sp³-hybridized carbons (Fsp3) is 0.294. The molecule has 1 unspecified atom stereocenters. The topological polar surface area (TPSA) is 75.8 Å².